The Labute approximate surface area is 79.6 Å². The molecule has 74 valence electrons. The fourth-order valence-corrected chi connectivity index (χ4v) is 4.49. The van der Waals surface area contributed by atoms with Gasteiger partial charge >= 0.3 is 0 Å². The van der Waals surface area contributed by atoms with Gasteiger partial charge in [-0.1, -0.05) is 47.5 Å². The lowest BCUT2D eigenvalue weighted by molar-refractivity contribution is 0.691. The molecular formula is C10H25NSi. The van der Waals surface area contributed by atoms with Crippen LogP contribution in [0, 0.1) is 0 Å². The molecule has 1 unspecified atom stereocenters. The van der Waals surface area contributed by atoms with Crippen molar-refractivity contribution < 1.29 is 0 Å². The summed E-state index contributed by atoms with van der Waals surface area (Å²) < 4.78 is 0. The van der Waals surface area contributed by atoms with Gasteiger partial charge in [0.2, 0.25) is 0 Å². The quantitative estimate of drug-likeness (QED) is 0.653. The Morgan fingerprint density at radius 1 is 1.17 bits per heavy atom. The molecule has 0 aromatic carbocycles. The van der Waals surface area contributed by atoms with Gasteiger partial charge in [-0.2, -0.15) is 0 Å². The Morgan fingerprint density at radius 2 is 1.75 bits per heavy atom. The summed E-state index contributed by atoms with van der Waals surface area (Å²) in [5.41, 5.74) is 0. The van der Waals surface area contributed by atoms with Crippen LogP contribution in [0.1, 0.15) is 47.5 Å². The van der Waals surface area contributed by atoms with Crippen molar-refractivity contribution in [3.8, 4) is 0 Å². The summed E-state index contributed by atoms with van der Waals surface area (Å²) in [4.78, 5) is 3.70. The lowest BCUT2D eigenvalue weighted by Crippen LogP contribution is -2.41. The predicted octanol–water partition coefficient (Wildman–Crippen LogP) is 2.92. The average Bonchev–Trinajstić information content (AvgIpc) is 1.95. The van der Waals surface area contributed by atoms with Crippen LogP contribution in [-0.4, -0.2) is 15.5 Å². The maximum absolute atomic E-state index is 3.70. The van der Waals surface area contributed by atoms with E-state index < -0.39 is 8.96 Å². The van der Waals surface area contributed by atoms with Crippen molar-refractivity contribution in [3.63, 3.8) is 0 Å². The Hall–Kier alpha value is 0.177. The van der Waals surface area contributed by atoms with Gasteiger partial charge in [0, 0.05) is 0 Å². The number of rotatable bonds is 5. The Kier molecular flexibility index (Phi) is 5.84. The van der Waals surface area contributed by atoms with Gasteiger partial charge in [0.25, 0.3) is 0 Å². The van der Waals surface area contributed by atoms with E-state index >= 15 is 0 Å². The number of unbranched alkanes of at least 4 members (excludes halogenated alkanes) is 1. The average molecular weight is 187 g/mol. The monoisotopic (exact) mass is 187 g/mol. The molecule has 0 aliphatic rings. The third kappa shape index (κ3) is 4.94. The van der Waals surface area contributed by atoms with Crippen LogP contribution in [0.4, 0.5) is 0 Å². The van der Waals surface area contributed by atoms with Crippen LogP contribution >= 0.6 is 0 Å². The van der Waals surface area contributed by atoms with Crippen LogP contribution in [0.3, 0.4) is 0 Å². The Bertz CT molecular complexity index is 107. The summed E-state index contributed by atoms with van der Waals surface area (Å²) in [5.74, 6) is 0. The second-order valence-corrected chi connectivity index (χ2v) is 8.44. The highest BCUT2D eigenvalue weighted by molar-refractivity contribution is 6.59. The van der Waals surface area contributed by atoms with Gasteiger partial charge in [-0.05, 0) is 17.6 Å². The third-order valence-electron chi connectivity index (χ3n) is 2.34. The molecule has 0 aromatic heterocycles. The van der Waals surface area contributed by atoms with Crippen molar-refractivity contribution in [1.82, 2.24) is 4.98 Å². The van der Waals surface area contributed by atoms with Crippen molar-refractivity contribution in [2.75, 3.05) is 6.54 Å². The number of hydrogen-bond acceptors (Lipinski definition) is 1. The second-order valence-electron chi connectivity index (χ2n) is 4.62. The minimum atomic E-state index is -0.690. The van der Waals surface area contributed by atoms with Gasteiger partial charge in [-0.15, -0.1) is 0 Å². The summed E-state index contributed by atoms with van der Waals surface area (Å²) in [5, 5.41) is 0.547. The highest BCUT2D eigenvalue weighted by Crippen LogP contribution is 2.28. The van der Waals surface area contributed by atoms with Crippen molar-refractivity contribution in [1.29, 1.82) is 0 Å². The van der Waals surface area contributed by atoms with E-state index in [1.807, 2.05) is 0 Å². The summed E-state index contributed by atoms with van der Waals surface area (Å²) in [6.07, 6.45) is 2.74. The molecule has 0 amide bonds. The van der Waals surface area contributed by atoms with E-state index in [2.05, 4.69) is 39.6 Å². The van der Waals surface area contributed by atoms with Gasteiger partial charge in [-0.3, -0.25) is 0 Å². The topological polar surface area (TPSA) is 12.0 Å². The van der Waals surface area contributed by atoms with Gasteiger partial charge in [0.05, 0.1) is 0 Å². The van der Waals surface area contributed by atoms with Gasteiger partial charge < -0.3 is 4.98 Å². The maximum atomic E-state index is 3.70. The van der Waals surface area contributed by atoms with Gasteiger partial charge in [-0.25, -0.2) is 0 Å². The standard InChI is InChI=1S/C10H25NSi/c1-6-8-9-12(11-7-2)10(3,4)5/h11-12H,6-9H2,1-5H3. The molecule has 0 saturated heterocycles. The first-order chi connectivity index (χ1) is 5.52. The number of hydrogen-bond donors (Lipinski definition) is 1. The summed E-state index contributed by atoms with van der Waals surface area (Å²) in [6, 6.07) is 1.45. The molecule has 0 bridgehead atoms. The lowest BCUT2D eigenvalue weighted by atomic mass is 10.2. The first kappa shape index (κ1) is 12.2. The molecule has 0 heterocycles. The SMILES string of the molecule is CCCC[SiH](NCC)C(C)(C)C. The fourth-order valence-electron chi connectivity index (χ4n) is 1.50. The molecule has 12 heavy (non-hydrogen) atoms. The summed E-state index contributed by atoms with van der Waals surface area (Å²) in [6.45, 7) is 12.8. The molecule has 0 radical (unpaired) electrons. The van der Waals surface area contributed by atoms with E-state index in [1.54, 1.807) is 0 Å². The van der Waals surface area contributed by atoms with Crippen LogP contribution < -0.4 is 4.98 Å². The van der Waals surface area contributed by atoms with Gasteiger partial charge in [0.15, 0.2) is 0 Å². The van der Waals surface area contributed by atoms with E-state index in [0.717, 1.165) is 6.54 Å². The third-order valence-corrected chi connectivity index (χ3v) is 6.32. The molecule has 0 fully saturated rings. The Balaban J connectivity index is 3.86. The maximum Gasteiger partial charge on any atom is 0.114 e. The minimum Gasteiger partial charge on any atom is -0.339 e. The Morgan fingerprint density at radius 3 is 2.08 bits per heavy atom. The van der Waals surface area contributed by atoms with E-state index in [-0.39, 0.29) is 0 Å². The molecule has 0 aliphatic heterocycles. The molecule has 1 atom stereocenters. The molecule has 0 spiro atoms. The molecule has 0 rings (SSSR count). The zero-order valence-corrected chi connectivity index (χ0v) is 10.6. The van der Waals surface area contributed by atoms with Crippen LogP contribution in [0.5, 0.6) is 0 Å². The molecule has 0 aromatic rings. The molecule has 1 nitrogen and oxygen atoms in total. The highest BCUT2D eigenvalue weighted by atomic mass is 28.3. The van der Waals surface area contributed by atoms with E-state index in [9.17, 15) is 0 Å². The summed E-state index contributed by atoms with van der Waals surface area (Å²) >= 11 is 0. The normalized spacial score (nSPS) is 14.8. The van der Waals surface area contributed by atoms with Crippen molar-refractivity contribution in [2.24, 2.45) is 0 Å². The van der Waals surface area contributed by atoms with Crippen LogP contribution in [0.25, 0.3) is 0 Å². The second kappa shape index (κ2) is 5.76. The van der Waals surface area contributed by atoms with E-state index in [0.29, 0.717) is 5.04 Å². The smallest absolute Gasteiger partial charge is 0.114 e. The first-order valence-corrected chi connectivity index (χ1v) is 7.22. The van der Waals surface area contributed by atoms with Crippen molar-refractivity contribution in [2.45, 2.75) is 58.5 Å². The molecule has 0 saturated carbocycles. The predicted molar refractivity (Wildman–Crippen MR) is 60.3 cm³/mol. The van der Waals surface area contributed by atoms with Crippen molar-refractivity contribution in [3.05, 3.63) is 0 Å². The first-order valence-electron chi connectivity index (χ1n) is 5.25. The van der Waals surface area contributed by atoms with Crippen LogP contribution in [0.2, 0.25) is 11.1 Å². The van der Waals surface area contributed by atoms with Crippen LogP contribution in [0.15, 0.2) is 0 Å². The largest absolute Gasteiger partial charge is 0.339 e. The molecular weight excluding hydrogens is 162 g/mol. The lowest BCUT2D eigenvalue weighted by Gasteiger charge is -2.29. The van der Waals surface area contributed by atoms with E-state index in [1.165, 1.54) is 18.9 Å². The minimum absolute atomic E-state index is 0.547. The summed E-state index contributed by atoms with van der Waals surface area (Å²) in [7, 11) is -0.690. The zero-order chi connectivity index (χ0) is 9.61. The highest BCUT2D eigenvalue weighted by Gasteiger charge is 2.24. The van der Waals surface area contributed by atoms with Crippen molar-refractivity contribution >= 4 is 8.96 Å². The van der Waals surface area contributed by atoms with Gasteiger partial charge in [0.1, 0.15) is 8.96 Å². The van der Waals surface area contributed by atoms with E-state index in [4.69, 9.17) is 0 Å². The molecule has 2 heteroatoms. The molecule has 0 aliphatic carbocycles. The fraction of sp³-hybridized carbons (Fsp3) is 1.00. The number of nitrogens with one attached hydrogen (secondary N) is 1. The molecule has 1 N–H and O–H groups in total. The van der Waals surface area contributed by atoms with Crippen LogP contribution in [-0.2, 0) is 0 Å². The zero-order valence-electron chi connectivity index (χ0n) is 9.41.